The molecule has 10 atom stereocenters. The number of alkyl halides is 3. The first-order valence-electron chi connectivity index (χ1n) is 24.2. The molecule has 4 aliphatic heterocycles. The van der Waals surface area contributed by atoms with E-state index in [9.17, 15) is 47.0 Å². The number of amides is 4. The molecule has 4 heterocycles. The number of halogens is 4. The van der Waals surface area contributed by atoms with Crippen LogP contribution in [0.3, 0.4) is 0 Å². The van der Waals surface area contributed by atoms with E-state index < -0.39 is 102 Å². The quantitative estimate of drug-likeness (QED) is 0.110. The Morgan fingerprint density at radius 3 is 2.42 bits per heavy atom. The molecule has 2 unspecified atom stereocenters. The number of epoxide rings is 1. The highest BCUT2D eigenvalue weighted by Crippen LogP contribution is 2.49. The second kappa shape index (κ2) is 22.9. The fourth-order valence-corrected chi connectivity index (χ4v) is 11.9. The summed E-state index contributed by atoms with van der Waals surface area (Å²) in [5, 5.41) is 13.6. The van der Waals surface area contributed by atoms with E-state index in [0.29, 0.717) is 44.1 Å². The number of fused-ring (bicyclic) bond motifs is 5. The first-order chi connectivity index (χ1) is 33.3. The first kappa shape index (κ1) is 56.1. The van der Waals surface area contributed by atoms with E-state index in [1.165, 1.54) is 38.0 Å². The highest BCUT2D eigenvalue weighted by atomic mass is 35.5. The number of nitrogens with zero attached hydrogens (tertiary/aromatic N) is 3. The summed E-state index contributed by atoms with van der Waals surface area (Å²) in [6, 6.07) is -0.258. The van der Waals surface area contributed by atoms with Crippen LogP contribution in [0.15, 0.2) is 35.9 Å². The van der Waals surface area contributed by atoms with Crippen molar-refractivity contribution in [2.24, 2.45) is 17.8 Å². The lowest BCUT2D eigenvalue weighted by atomic mass is 9.79. The van der Waals surface area contributed by atoms with E-state index in [1.807, 2.05) is 13.8 Å². The smallest absolute Gasteiger partial charge is 0.409 e. The molecule has 4 fully saturated rings. The van der Waals surface area contributed by atoms with E-state index in [4.69, 9.17) is 35.3 Å². The molecular formula is C50H68ClF3N4O12S. The van der Waals surface area contributed by atoms with Crippen molar-refractivity contribution in [3.05, 3.63) is 46.5 Å². The van der Waals surface area contributed by atoms with Crippen molar-refractivity contribution >= 4 is 64.6 Å². The minimum absolute atomic E-state index is 0.00958. The Balaban J connectivity index is 1.20. The maximum absolute atomic E-state index is 14.9. The summed E-state index contributed by atoms with van der Waals surface area (Å²) < 4.78 is 73.9. The molecule has 2 N–H and O–H groups in total. The van der Waals surface area contributed by atoms with E-state index in [1.54, 1.807) is 44.2 Å². The minimum atomic E-state index is -4.83. The number of nitrogens with one attached hydrogen (secondary N) is 1. The maximum atomic E-state index is 14.9. The lowest BCUT2D eigenvalue weighted by molar-refractivity contribution is -0.192. The van der Waals surface area contributed by atoms with E-state index in [2.05, 4.69) is 5.32 Å². The molecule has 394 valence electrons. The molecule has 16 nitrogen and oxygen atoms in total. The molecule has 0 aromatic heterocycles. The largest absolute Gasteiger partial charge is 0.495 e. The molecule has 3 saturated heterocycles. The summed E-state index contributed by atoms with van der Waals surface area (Å²) >= 11 is 7.76. The van der Waals surface area contributed by atoms with Crippen LogP contribution < -0.4 is 15.0 Å². The van der Waals surface area contributed by atoms with Gasteiger partial charge in [-0.25, -0.2) is 4.79 Å². The van der Waals surface area contributed by atoms with Gasteiger partial charge in [0.05, 0.1) is 30.6 Å². The number of thioether (sulfide) groups is 1. The zero-order valence-electron chi connectivity index (χ0n) is 41.8. The topological polar surface area (TPSA) is 194 Å². The number of methoxy groups -OCH3 is 2. The molecule has 4 bridgehead atoms. The fourth-order valence-electron chi connectivity index (χ4n) is 10.4. The number of esters is 1. The maximum Gasteiger partial charge on any atom is 0.409 e. The van der Waals surface area contributed by atoms with Crippen LogP contribution in [0.5, 0.6) is 5.75 Å². The zero-order valence-corrected chi connectivity index (χ0v) is 43.4. The number of alkyl carbamates (subject to hydrolysis) is 1. The van der Waals surface area contributed by atoms with Crippen LogP contribution in [0.1, 0.15) is 98.0 Å². The number of likely N-dealkylation sites (tertiary alicyclic amines) is 1. The van der Waals surface area contributed by atoms with Gasteiger partial charge in [-0.15, -0.1) is 11.8 Å². The number of hydrogen-bond donors (Lipinski definition) is 2. The van der Waals surface area contributed by atoms with Gasteiger partial charge in [0, 0.05) is 51.8 Å². The molecule has 1 saturated carbocycles. The summed E-state index contributed by atoms with van der Waals surface area (Å²) in [6.07, 6.45) is -2.63. The summed E-state index contributed by atoms with van der Waals surface area (Å²) in [4.78, 5) is 83.5. The summed E-state index contributed by atoms with van der Waals surface area (Å²) in [5.74, 6) is -2.80. The monoisotopic (exact) mass is 1040 g/mol. The number of anilines is 1. The van der Waals surface area contributed by atoms with Crippen LogP contribution in [0.2, 0.25) is 5.02 Å². The third-order valence-corrected chi connectivity index (χ3v) is 16.7. The van der Waals surface area contributed by atoms with E-state index in [0.717, 1.165) is 29.3 Å². The third kappa shape index (κ3) is 12.8. The number of aliphatic hydroxyl groups is 1. The van der Waals surface area contributed by atoms with Crippen LogP contribution in [0, 0.1) is 17.8 Å². The predicted octanol–water partition coefficient (Wildman–Crippen LogP) is 6.96. The van der Waals surface area contributed by atoms with Gasteiger partial charge in [-0.05, 0) is 95.7 Å². The number of benzene rings is 1. The molecule has 1 aromatic rings. The summed E-state index contributed by atoms with van der Waals surface area (Å²) in [6.45, 7) is 8.47. The number of likely N-dealkylation sites (N-methyl/N-ethyl adjacent to an activating group) is 1. The van der Waals surface area contributed by atoms with Gasteiger partial charge in [0.2, 0.25) is 17.7 Å². The number of imide groups is 1. The van der Waals surface area contributed by atoms with Crippen LogP contribution in [-0.2, 0) is 49.3 Å². The Hall–Kier alpha value is -4.21. The second-order valence-corrected chi connectivity index (χ2v) is 21.5. The molecule has 5 aliphatic rings. The van der Waals surface area contributed by atoms with Crippen molar-refractivity contribution in [3.8, 4) is 5.75 Å². The van der Waals surface area contributed by atoms with Crippen molar-refractivity contribution in [2.75, 3.05) is 45.5 Å². The number of rotatable bonds is 14. The highest BCUT2D eigenvalue weighted by Gasteiger charge is 2.64. The van der Waals surface area contributed by atoms with Gasteiger partial charge >= 0.3 is 18.2 Å². The van der Waals surface area contributed by atoms with Crippen molar-refractivity contribution < 1.29 is 70.7 Å². The van der Waals surface area contributed by atoms with Gasteiger partial charge in [0.1, 0.15) is 52.6 Å². The highest BCUT2D eigenvalue weighted by molar-refractivity contribution is 8.00. The Morgan fingerprint density at radius 2 is 1.79 bits per heavy atom. The molecule has 1 aliphatic carbocycles. The van der Waals surface area contributed by atoms with Crippen molar-refractivity contribution in [2.45, 2.75) is 158 Å². The van der Waals surface area contributed by atoms with Gasteiger partial charge in [-0.1, -0.05) is 49.2 Å². The van der Waals surface area contributed by atoms with Gasteiger partial charge in [-0.2, -0.15) is 13.2 Å². The molecule has 6 rings (SSSR count). The number of Topliss-reactive ketones (excluding diaryl/α,β-unsaturated/α-hetero) is 1. The molecule has 1 aromatic carbocycles. The molecule has 4 amide bonds. The number of carbonyl (C=O) groups excluding carboxylic acids is 6. The number of allylic oxidation sites excluding steroid dienone is 3. The minimum Gasteiger partial charge on any atom is -0.495 e. The van der Waals surface area contributed by atoms with Crippen LogP contribution >= 0.6 is 23.4 Å². The zero-order chi connectivity index (χ0) is 52.3. The predicted molar refractivity (Wildman–Crippen MR) is 259 cm³/mol. The van der Waals surface area contributed by atoms with Gasteiger partial charge in [0.25, 0.3) is 0 Å². The molecular weight excluding hydrogens is 973 g/mol. The SMILES string of the molecule is CCC(=O)C1CCC(CN2C(=O)CC(SCCC(N(C)[C@@H](C)C(=O)O[C@H]3CC(=O)N(C)c4cc(cc(OC)c4Cl)C/C(C)=C/C=C/[C@@H](OC)[C@@]4(O)C[C@H](OC(=O)N4)[C@@H](C)[C@@H]4O[C@@]34C)C(F)(F)F)C2=O)CC1. The average Bonchev–Trinajstić information content (AvgIpc) is 3.95. The van der Waals surface area contributed by atoms with E-state index in [-0.39, 0.29) is 65.1 Å². The Bertz CT molecular complexity index is 2240. The standard InChI is InChI=1S/C50H68ClF3N4O12S/c1-10-34(59)32-16-14-30(15-17-32)26-58-42(61)23-37(45(58)62)71-19-18-38(50(52,53)54)56(6)29(4)46(63)69-40-24-41(60)57(7)33-21-31(22-35(66-8)43(33)51)20-27(2)12-11-13-39(67-9)49(65)25-36(68-47(64)55-49)28(3)44-48(40,5)70-44/h11-13,21-22,28-30,32,36-40,44,65H,10,14-20,23-26H2,1-9H3,(H,55,64)/b13-11+,27-12+/t28-,29+,30?,32?,36+,37?,38?,39-,40+,44+,48+,49+/m1/s1. The third-order valence-electron chi connectivity index (χ3n) is 15.0. The Labute approximate surface area is 422 Å². The first-order valence-corrected chi connectivity index (χ1v) is 25.6. The molecule has 71 heavy (non-hydrogen) atoms. The number of hydrogen-bond acceptors (Lipinski definition) is 14. The van der Waals surface area contributed by atoms with Gasteiger partial charge in [0.15, 0.2) is 5.72 Å². The van der Waals surface area contributed by atoms with Crippen molar-refractivity contribution in [1.82, 2.24) is 15.1 Å². The number of ether oxygens (including phenoxy) is 5. The summed E-state index contributed by atoms with van der Waals surface area (Å²) in [7, 11) is 5.43. The van der Waals surface area contributed by atoms with Crippen LogP contribution in [-0.4, -0.2) is 150 Å². The molecule has 0 spiro atoms. The Kier molecular flexibility index (Phi) is 18.1. The van der Waals surface area contributed by atoms with Gasteiger partial charge < -0.3 is 33.7 Å². The van der Waals surface area contributed by atoms with Crippen molar-refractivity contribution in [1.29, 1.82) is 0 Å². The molecule has 0 radical (unpaired) electrons. The van der Waals surface area contributed by atoms with E-state index >= 15 is 0 Å². The van der Waals surface area contributed by atoms with Crippen molar-refractivity contribution in [3.63, 3.8) is 0 Å². The average molecular weight is 1040 g/mol. The number of carbonyl (C=O) groups is 6. The lowest BCUT2D eigenvalue weighted by Gasteiger charge is -2.42. The van der Waals surface area contributed by atoms with Crippen LogP contribution in [0.25, 0.3) is 0 Å². The number of ketones is 1. The van der Waals surface area contributed by atoms with Crippen LogP contribution in [0.4, 0.5) is 23.7 Å². The second-order valence-electron chi connectivity index (χ2n) is 19.9. The van der Waals surface area contributed by atoms with Gasteiger partial charge in [-0.3, -0.25) is 39.1 Å². The fraction of sp³-hybridized carbons (Fsp3) is 0.680. The lowest BCUT2D eigenvalue weighted by Crippen LogP contribution is -2.63. The molecule has 21 heteroatoms. The Morgan fingerprint density at radius 1 is 1.10 bits per heavy atom. The normalized spacial score (nSPS) is 32.8. The summed E-state index contributed by atoms with van der Waals surface area (Å²) in [5.41, 5.74) is -1.54.